The Morgan fingerprint density at radius 3 is 3.05 bits per heavy atom. The van der Waals surface area contributed by atoms with Crippen LogP contribution in [0.2, 0.25) is 5.02 Å². The molecule has 0 spiro atoms. The van der Waals surface area contributed by atoms with Crippen molar-refractivity contribution in [2.75, 3.05) is 11.9 Å². The normalized spacial score (nSPS) is 29.3. The zero-order valence-electron chi connectivity index (χ0n) is 10.5. The van der Waals surface area contributed by atoms with Gasteiger partial charge in [-0.2, -0.15) is 0 Å². The average Bonchev–Trinajstić information content (AvgIpc) is 2.94. The summed E-state index contributed by atoms with van der Waals surface area (Å²) in [6.45, 7) is 0.987. The molecule has 1 heterocycles. The standard InChI is InChI=1S/C14H16ClIN2O/c15-9-4-5-12(11(16)6-9)18-14(19)13-10-3-1-2-8(10)7-17-13/h4-6,8,10,13,17H,1-3,7H2,(H,18,19). The minimum absolute atomic E-state index is 0.0287. The van der Waals surface area contributed by atoms with Gasteiger partial charge in [0.2, 0.25) is 5.91 Å². The first kappa shape index (κ1) is 13.6. The molecule has 1 aromatic rings. The molecule has 2 N–H and O–H groups in total. The van der Waals surface area contributed by atoms with Gasteiger partial charge in [-0.1, -0.05) is 18.0 Å². The fourth-order valence-electron chi connectivity index (χ4n) is 3.28. The third-order valence-corrected chi connectivity index (χ3v) is 5.35. The molecular weight excluding hydrogens is 375 g/mol. The third kappa shape index (κ3) is 2.76. The number of carbonyl (C=O) groups is 1. The van der Waals surface area contributed by atoms with E-state index in [1.165, 1.54) is 19.3 Å². The molecular formula is C14H16ClIN2O. The van der Waals surface area contributed by atoms with Gasteiger partial charge in [0.1, 0.15) is 0 Å². The Kier molecular flexibility index (Phi) is 4.01. The first-order chi connectivity index (χ1) is 9.15. The van der Waals surface area contributed by atoms with Crippen molar-refractivity contribution < 1.29 is 4.79 Å². The Labute approximate surface area is 131 Å². The topological polar surface area (TPSA) is 41.1 Å². The van der Waals surface area contributed by atoms with Crippen molar-refractivity contribution in [2.24, 2.45) is 11.8 Å². The molecule has 0 radical (unpaired) electrons. The highest BCUT2D eigenvalue weighted by molar-refractivity contribution is 14.1. The summed E-state index contributed by atoms with van der Waals surface area (Å²) >= 11 is 8.12. The Morgan fingerprint density at radius 1 is 1.42 bits per heavy atom. The van der Waals surface area contributed by atoms with E-state index in [1.807, 2.05) is 12.1 Å². The number of hydrogen-bond acceptors (Lipinski definition) is 2. The summed E-state index contributed by atoms with van der Waals surface area (Å²) in [5, 5.41) is 7.09. The van der Waals surface area contributed by atoms with Crippen LogP contribution in [0.25, 0.3) is 0 Å². The van der Waals surface area contributed by atoms with Crippen LogP contribution < -0.4 is 10.6 Å². The van der Waals surface area contributed by atoms with Crippen LogP contribution in [-0.2, 0) is 4.79 Å². The summed E-state index contributed by atoms with van der Waals surface area (Å²) in [5.74, 6) is 1.31. The van der Waals surface area contributed by atoms with Gasteiger partial charge in [0, 0.05) is 8.59 Å². The van der Waals surface area contributed by atoms with Crippen LogP contribution in [0.4, 0.5) is 5.69 Å². The van der Waals surface area contributed by atoms with Crippen molar-refractivity contribution in [1.82, 2.24) is 5.32 Å². The van der Waals surface area contributed by atoms with Gasteiger partial charge in [-0.25, -0.2) is 0 Å². The molecule has 1 aromatic carbocycles. The van der Waals surface area contributed by atoms with Gasteiger partial charge in [-0.3, -0.25) is 4.79 Å². The minimum atomic E-state index is -0.0287. The predicted molar refractivity (Wildman–Crippen MR) is 85.4 cm³/mol. The highest BCUT2D eigenvalue weighted by atomic mass is 127. The van der Waals surface area contributed by atoms with E-state index in [4.69, 9.17) is 11.6 Å². The summed E-state index contributed by atoms with van der Waals surface area (Å²) in [6, 6.07) is 5.50. The number of carbonyl (C=O) groups excluding carboxylic acids is 1. The molecule has 2 fully saturated rings. The van der Waals surface area contributed by atoms with E-state index in [0.29, 0.717) is 16.9 Å². The Balaban J connectivity index is 1.71. The van der Waals surface area contributed by atoms with E-state index in [9.17, 15) is 4.79 Å². The number of rotatable bonds is 2. The summed E-state index contributed by atoms with van der Waals surface area (Å²) in [4.78, 5) is 12.4. The molecule has 1 aliphatic heterocycles. The Hall–Kier alpha value is -0.330. The van der Waals surface area contributed by atoms with Gasteiger partial charge in [-0.05, 0) is 72.0 Å². The van der Waals surface area contributed by atoms with Crippen molar-refractivity contribution in [3.8, 4) is 0 Å². The van der Waals surface area contributed by atoms with E-state index < -0.39 is 0 Å². The second-order valence-corrected chi connectivity index (χ2v) is 6.95. The molecule has 3 nitrogen and oxygen atoms in total. The van der Waals surface area contributed by atoms with Gasteiger partial charge >= 0.3 is 0 Å². The molecule has 5 heteroatoms. The zero-order valence-corrected chi connectivity index (χ0v) is 13.4. The van der Waals surface area contributed by atoms with Gasteiger partial charge < -0.3 is 10.6 Å². The maximum atomic E-state index is 12.4. The largest absolute Gasteiger partial charge is 0.324 e. The molecule has 102 valence electrons. The highest BCUT2D eigenvalue weighted by Crippen LogP contribution is 2.38. The molecule has 3 atom stereocenters. The van der Waals surface area contributed by atoms with Crippen LogP contribution in [0.1, 0.15) is 19.3 Å². The summed E-state index contributed by atoms with van der Waals surface area (Å²) < 4.78 is 0.972. The van der Waals surface area contributed by atoms with Gasteiger partial charge in [-0.15, -0.1) is 0 Å². The molecule has 1 amide bonds. The molecule has 1 aliphatic carbocycles. The molecule has 19 heavy (non-hydrogen) atoms. The molecule has 3 rings (SSSR count). The summed E-state index contributed by atoms with van der Waals surface area (Å²) in [6.07, 6.45) is 3.70. The summed E-state index contributed by atoms with van der Waals surface area (Å²) in [7, 11) is 0. The van der Waals surface area contributed by atoms with Crippen molar-refractivity contribution in [1.29, 1.82) is 0 Å². The fourth-order valence-corrected chi connectivity index (χ4v) is 4.28. The second kappa shape index (κ2) is 5.58. The lowest BCUT2D eigenvalue weighted by Gasteiger charge is -2.18. The molecule has 0 bridgehead atoms. The number of fused-ring (bicyclic) bond motifs is 1. The lowest BCUT2D eigenvalue weighted by atomic mass is 9.93. The van der Waals surface area contributed by atoms with Crippen LogP contribution >= 0.6 is 34.2 Å². The SMILES string of the molecule is O=C(Nc1ccc(Cl)cc1I)C1NCC2CCCC21. The Morgan fingerprint density at radius 2 is 2.26 bits per heavy atom. The number of amides is 1. The molecule has 1 saturated heterocycles. The van der Waals surface area contributed by atoms with E-state index in [1.54, 1.807) is 6.07 Å². The molecule has 1 saturated carbocycles. The van der Waals surface area contributed by atoms with E-state index in [0.717, 1.165) is 15.8 Å². The molecule has 2 aliphatic rings. The van der Waals surface area contributed by atoms with Crippen LogP contribution in [-0.4, -0.2) is 18.5 Å². The quantitative estimate of drug-likeness (QED) is 0.761. The smallest absolute Gasteiger partial charge is 0.241 e. The minimum Gasteiger partial charge on any atom is -0.324 e. The maximum absolute atomic E-state index is 12.4. The first-order valence-corrected chi connectivity index (χ1v) is 8.10. The van der Waals surface area contributed by atoms with Crippen LogP contribution in [0.5, 0.6) is 0 Å². The summed E-state index contributed by atoms with van der Waals surface area (Å²) in [5.41, 5.74) is 0.846. The van der Waals surface area contributed by atoms with E-state index >= 15 is 0 Å². The Bertz CT molecular complexity index is 508. The lowest BCUT2D eigenvalue weighted by molar-refractivity contribution is -0.118. The number of halogens is 2. The van der Waals surface area contributed by atoms with Crippen molar-refractivity contribution in [2.45, 2.75) is 25.3 Å². The van der Waals surface area contributed by atoms with E-state index in [-0.39, 0.29) is 11.9 Å². The monoisotopic (exact) mass is 390 g/mol. The van der Waals surface area contributed by atoms with Crippen LogP contribution in [0.15, 0.2) is 18.2 Å². The van der Waals surface area contributed by atoms with E-state index in [2.05, 4.69) is 33.2 Å². The molecule has 0 aromatic heterocycles. The van der Waals surface area contributed by atoms with Gasteiger partial charge in [0.05, 0.1) is 11.7 Å². The highest BCUT2D eigenvalue weighted by Gasteiger charge is 2.42. The van der Waals surface area contributed by atoms with Gasteiger partial charge in [0.25, 0.3) is 0 Å². The second-order valence-electron chi connectivity index (χ2n) is 5.35. The van der Waals surface area contributed by atoms with Crippen molar-refractivity contribution in [3.63, 3.8) is 0 Å². The predicted octanol–water partition coefficient (Wildman–Crippen LogP) is 3.27. The number of nitrogens with one attached hydrogen (secondary N) is 2. The van der Waals surface area contributed by atoms with Gasteiger partial charge in [0.15, 0.2) is 0 Å². The average molecular weight is 391 g/mol. The first-order valence-electron chi connectivity index (χ1n) is 6.64. The fraction of sp³-hybridized carbons (Fsp3) is 0.500. The molecule has 3 unspecified atom stereocenters. The van der Waals surface area contributed by atoms with Crippen LogP contribution in [0, 0.1) is 15.4 Å². The number of hydrogen-bond donors (Lipinski definition) is 2. The third-order valence-electron chi connectivity index (χ3n) is 4.22. The van der Waals surface area contributed by atoms with Crippen molar-refractivity contribution >= 4 is 45.8 Å². The van der Waals surface area contributed by atoms with Crippen molar-refractivity contribution in [3.05, 3.63) is 26.8 Å². The maximum Gasteiger partial charge on any atom is 0.241 e. The lowest BCUT2D eigenvalue weighted by Crippen LogP contribution is -2.39. The number of benzene rings is 1. The van der Waals surface area contributed by atoms with Crippen LogP contribution in [0.3, 0.4) is 0 Å². The zero-order chi connectivity index (χ0) is 13.4. The number of anilines is 1.